The van der Waals surface area contributed by atoms with E-state index in [0.29, 0.717) is 18.8 Å². The summed E-state index contributed by atoms with van der Waals surface area (Å²) in [5.41, 5.74) is 1.02. The van der Waals surface area contributed by atoms with Gasteiger partial charge in [0.2, 0.25) is 0 Å². The summed E-state index contributed by atoms with van der Waals surface area (Å²) < 4.78 is 0. The van der Waals surface area contributed by atoms with Gasteiger partial charge in [-0.2, -0.15) is 0 Å². The first-order chi connectivity index (χ1) is 7.17. The lowest BCUT2D eigenvalue weighted by molar-refractivity contribution is 0.0696. The zero-order valence-electron chi connectivity index (χ0n) is 8.66. The van der Waals surface area contributed by atoms with Crippen molar-refractivity contribution in [2.75, 3.05) is 11.9 Å². The van der Waals surface area contributed by atoms with Crippen molar-refractivity contribution in [2.24, 2.45) is 0 Å². The zero-order chi connectivity index (χ0) is 11.3. The summed E-state index contributed by atoms with van der Waals surface area (Å²) >= 11 is 0. The number of carbonyl (C=O) groups is 1. The topological polar surface area (TPSA) is 62.2 Å². The summed E-state index contributed by atoms with van der Waals surface area (Å²) in [7, 11) is 0. The minimum absolute atomic E-state index is 0.258. The van der Waals surface area contributed by atoms with E-state index >= 15 is 0 Å². The van der Waals surface area contributed by atoms with Crippen molar-refractivity contribution in [3.63, 3.8) is 0 Å². The SMILES string of the molecule is C=CCNc1cc(C(=O)O)cc(CC)n1. The van der Waals surface area contributed by atoms with Crippen molar-refractivity contribution in [2.45, 2.75) is 13.3 Å². The first kappa shape index (κ1) is 11.2. The van der Waals surface area contributed by atoms with Crippen LogP contribution in [-0.2, 0) is 6.42 Å². The summed E-state index contributed by atoms with van der Waals surface area (Å²) in [4.78, 5) is 15.1. The highest BCUT2D eigenvalue weighted by Gasteiger charge is 2.06. The molecule has 0 saturated heterocycles. The third-order valence-corrected chi connectivity index (χ3v) is 1.92. The van der Waals surface area contributed by atoms with Gasteiger partial charge in [0.25, 0.3) is 0 Å². The lowest BCUT2D eigenvalue weighted by atomic mass is 10.2. The molecule has 1 rings (SSSR count). The van der Waals surface area contributed by atoms with E-state index in [0.717, 1.165) is 5.69 Å². The van der Waals surface area contributed by atoms with Crippen LogP contribution < -0.4 is 5.32 Å². The molecule has 15 heavy (non-hydrogen) atoms. The van der Waals surface area contributed by atoms with Gasteiger partial charge in [0, 0.05) is 12.2 Å². The Kier molecular flexibility index (Phi) is 3.85. The van der Waals surface area contributed by atoms with E-state index in [1.54, 1.807) is 12.1 Å². The van der Waals surface area contributed by atoms with E-state index in [1.165, 1.54) is 6.07 Å². The molecule has 0 radical (unpaired) electrons. The molecule has 0 spiro atoms. The molecule has 2 N–H and O–H groups in total. The van der Waals surface area contributed by atoms with Crippen LogP contribution in [0.3, 0.4) is 0 Å². The van der Waals surface area contributed by atoms with Crippen LogP contribution in [0, 0.1) is 0 Å². The Labute approximate surface area is 88.7 Å². The molecule has 0 aliphatic heterocycles. The van der Waals surface area contributed by atoms with E-state index in [1.807, 2.05) is 6.92 Å². The third kappa shape index (κ3) is 3.09. The number of nitrogens with one attached hydrogen (secondary N) is 1. The first-order valence-electron chi connectivity index (χ1n) is 4.76. The number of nitrogens with zero attached hydrogens (tertiary/aromatic N) is 1. The van der Waals surface area contributed by atoms with Crippen LogP contribution in [-0.4, -0.2) is 22.6 Å². The molecule has 1 heterocycles. The van der Waals surface area contributed by atoms with Crippen LogP contribution in [0.5, 0.6) is 0 Å². The summed E-state index contributed by atoms with van der Waals surface area (Å²) in [6.45, 7) is 6.07. The lowest BCUT2D eigenvalue weighted by Gasteiger charge is -2.06. The Morgan fingerprint density at radius 1 is 1.67 bits per heavy atom. The van der Waals surface area contributed by atoms with E-state index in [2.05, 4.69) is 16.9 Å². The minimum Gasteiger partial charge on any atom is -0.478 e. The van der Waals surface area contributed by atoms with Gasteiger partial charge in [0.05, 0.1) is 5.56 Å². The normalized spacial score (nSPS) is 9.67. The number of anilines is 1. The number of pyridine rings is 1. The van der Waals surface area contributed by atoms with Gasteiger partial charge in [-0.3, -0.25) is 0 Å². The number of carboxylic acid groups (broad SMARTS) is 1. The second kappa shape index (κ2) is 5.14. The predicted octanol–water partition coefficient (Wildman–Crippen LogP) is 1.94. The van der Waals surface area contributed by atoms with Gasteiger partial charge >= 0.3 is 5.97 Å². The van der Waals surface area contributed by atoms with E-state index < -0.39 is 5.97 Å². The fourth-order valence-corrected chi connectivity index (χ4v) is 1.16. The number of aromatic nitrogens is 1. The standard InChI is InChI=1S/C11H14N2O2/c1-3-5-12-10-7-8(11(14)15)6-9(4-2)13-10/h3,6-7H,1,4-5H2,2H3,(H,12,13)(H,14,15). The molecule has 0 fully saturated rings. The Balaban J connectivity index is 2.99. The van der Waals surface area contributed by atoms with Crippen LogP contribution >= 0.6 is 0 Å². The van der Waals surface area contributed by atoms with Crippen LogP contribution in [0.2, 0.25) is 0 Å². The summed E-state index contributed by atoms with van der Waals surface area (Å²) in [5.74, 6) is -0.361. The Morgan fingerprint density at radius 3 is 2.93 bits per heavy atom. The average molecular weight is 206 g/mol. The molecular formula is C11H14N2O2. The molecule has 0 bridgehead atoms. The maximum absolute atomic E-state index is 10.8. The van der Waals surface area contributed by atoms with Gasteiger partial charge in [0.1, 0.15) is 5.82 Å². The molecule has 4 heteroatoms. The molecule has 0 unspecified atom stereocenters. The fraction of sp³-hybridized carbons (Fsp3) is 0.273. The van der Waals surface area contributed by atoms with Gasteiger partial charge < -0.3 is 10.4 Å². The van der Waals surface area contributed by atoms with Crippen molar-refractivity contribution in [1.29, 1.82) is 0 Å². The molecule has 1 aromatic rings. The smallest absolute Gasteiger partial charge is 0.335 e. The summed E-state index contributed by atoms with van der Waals surface area (Å²) in [6.07, 6.45) is 2.41. The minimum atomic E-state index is -0.936. The Morgan fingerprint density at radius 2 is 2.40 bits per heavy atom. The van der Waals surface area contributed by atoms with Crippen molar-refractivity contribution < 1.29 is 9.90 Å². The van der Waals surface area contributed by atoms with Gasteiger partial charge in [-0.1, -0.05) is 13.0 Å². The van der Waals surface area contributed by atoms with E-state index in [4.69, 9.17) is 5.11 Å². The van der Waals surface area contributed by atoms with Gasteiger partial charge in [-0.25, -0.2) is 9.78 Å². The number of rotatable bonds is 5. The Bertz CT molecular complexity index is 375. The van der Waals surface area contributed by atoms with Crippen LogP contribution in [0.1, 0.15) is 23.0 Å². The molecule has 0 aliphatic carbocycles. The number of aromatic carboxylic acids is 1. The van der Waals surface area contributed by atoms with E-state index in [9.17, 15) is 4.79 Å². The van der Waals surface area contributed by atoms with Crippen LogP contribution in [0.25, 0.3) is 0 Å². The third-order valence-electron chi connectivity index (χ3n) is 1.92. The highest BCUT2D eigenvalue weighted by Crippen LogP contribution is 2.11. The van der Waals surface area contributed by atoms with Crippen molar-refractivity contribution in [3.8, 4) is 0 Å². The van der Waals surface area contributed by atoms with Crippen molar-refractivity contribution in [1.82, 2.24) is 4.98 Å². The first-order valence-corrected chi connectivity index (χ1v) is 4.76. The summed E-state index contributed by atoms with van der Waals surface area (Å²) in [6, 6.07) is 3.10. The van der Waals surface area contributed by atoms with Crippen LogP contribution in [0.4, 0.5) is 5.82 Å². The number of hydrogen-bond donors (Lipinski definition) is 2. The molecule has 0 atom stereocenters. The highest BCUT2D eigenvalue weighted by atomic mass is 16.4. The van der Waals surface area contributed by atoms with Crippen LogP contribution in [0.15, 0.2) is 24.8 Å². The zero-order valence-corrected chi connectivity index (χ0v) is 8.66. The summed E-state index contributed by atoms with van der Waals surface area (Å²) in [5, 5.41) is 11.9. The second-order valence-corrected chi connectivity index (χ2v) is 3.06. The molecule has 0 amide bonds. The molecule has 0 aromatic carbocycles. The molecular weight excluding hydrogens is 192 g/mol. The van der Waals surface area contributed by atoms with Crippen molar-refractivity contribution in [3.05, 3.63) is 36.0 Å². The maximum Gasteiger partial charge on any atom is 0.335 e. The molecule has 0 saturated carbocycles. The van der Waals surface area contributed by atoms with Gasteiger partial charge in [-0.15, -0.1) is 6.58 Å². The second-order valence-electron chi connectivity index (χ2n) is 3.06. The monoisotopic (exact) mass is 206 g/mol. The quantitative estimate of drug-likeness (QED) is 0.723. The number of carboxylic acids is 1. The Hall–Kier alpha value is -1.84. The molecule has 1 aromatic heterocycles. The number of aryl methyl sites for hydroxylation is 1. The van der Waals surface area contributed by atoms with Gasteiger partial charge in [-0.05, 0) is 18.6 Å². The molecule has 80 valence electrons. The largest absolute Gasteiger partial charge is 0.478 e. The molecule has 4 nitrogen and oxygen atoms in total. The molecule has 0 aliphatic rings. The fourth-order valence-electron chi connectivity index (χ4n) is 1.16. The number of hydrogen-bond acceptors (Lipinski definition) is 3. The average Bonchev–Trinajstić information content (AvgIpc) is 2.25. The van der Waals surface area contributed by atoms with Crippen molar-refractivity contribution >= 4 is 11.8 Å². The van der Waals surface area contributed by atoms with Gasteiger partial charge in [0.15, 0.2) is 0 Å². The van der Waals surface area contributed by atoms with E-state index in [-0.39, 0.29) is 5.56 Å². The lowest BCUT2D eigenvalue weighted by Crippen LogP contribution is -2.06. The highest BCUT2D eigenvalue weighted by molar-refractivity contribution is 5.88. The maximum atomic E-state index is 10.8. The predicted molar refractivity (Wildman–Crippen MR) is 59.3 cm³/mol.